The van der Waals surface area contributed by atoms with Crippen molar-refractivity contribution in [2.45, 2.75) is 62.6 Å². The van der Waals surface area contributed by atoms with E-state index in [1.165, 1.54) is 30.6 Å². The highest BCUT2D eigenvalue weighted by molar-refractivity contribution is 8.00. The fraction of sp³-hybridized carbons (Fsp3) is 0.647. The Hall–Kier alpha value is -0.470. The van der Waals surface area contributed by atoms with Crippen LogP contribution < -0.4 is 5.32 Å². The summed E-state index contributed by atoms with van der Waals surface area (Å²) in [6, 6.07) is 9.50. The number of rotatable bonds is 5. The molecular weight excluding hydrogens is 250 g/mol. The minimum atomic E-state index is 0.362. The molecule has 2 unspecified atom stereocenters. The summed E-state index contributed by atoms with van der Waals surface area (Å²) in [7, 11) is 2.09. The summed E-state index contributed by atoms with van der Waals surface area (Å²) in [5.41, 5.74) is 1.92. The van der Waals surface area contributed by atoms with Gasteiger partial charge in [-0.05, 0) is 43.4 Å². The van der Waals surface area contributed by atoms with Crippen molar-refractivity contribution in [2.75, 3.05) is 7.05 Å². The topological polar surface area (TPSA) is 12.0 Å². The summed E-state index contributed by atoms with van der Waals surface area (Å²) < 4.78 is 0. The molecule has 1 aromatic carbocycles. The normalized spacial score (nSPS) is 20.3. The summed E-state index contributed by atoms with van der Waals surface area (Å²) in [6.07, 6.45) is 5.22. The van der Waals surface area contributed by atoms with Gasteiger partial charge in [-0.25, -0.2) is 0 Å². The summed E-state index contributed by atoms with van der Waals surface area (Å²) in [5.74, 6) is 0. The molecule has 1 N–H and O–H groups in total. The molecule has 2 heteroatoms. The molecule has 2 atom stereocenters. The van der Waals surface area contributed by atoms with Gasteiger partial charge in [0.05, 0.1) is 0 Å². The van der Waals surface area contributed by atoms with Gasteiger partial charge in [-0.15, -0.1) is 11.8 Å². The molecule has 0 radical (unpaired) electrons. The molecule has 1 heterocycles. The molecular formula is C17H27NS. The first-order valence-electron chi connectivity index (χ1n) is 7.42. The SMILES string of the molecule is CNC(CCCC1Cc2ccccc2S1)C(C)(C)C. The highest BCUT2D eigenvalue weighted by Crippen LogP contribution is 2.39. The first kappa shape index (κ1) is 14.9. The van der Waals surface area contributed by atoms with Crippen LogP contribution in [0.1, 0.15) is 45.6 Å². The molecule has 0 saturated heterocycles. The molecule has 1 aromatic rings. The fourth-order valence-electron chi connectivity index (χ4n) is 2.97. The van der Waals surface area contributed by atoms with Gasteiger partial charge in [0.2, 0.25) is 0 Å². The molecule has 0 spiro atoms. The van der Waals surface area contributed by atoms with E-state index in [1.807, 2.05) is 0 Å². The largest absolute Gasteiger partial charge is 0.316 e. The second kappa shape index (κ2) is 6.32. The van der Waals surface area contributed by atoms with Crippen molar-refractivity contribution in [3.8, 4) is 0 Å². The fourth-order valence-corrected chi connectivity index (χ4v) is 4.34. The quantitative estimate of drug-likeness (QED) is 0.850. The zero-order valence-electron chi connectivity index (χ0n) is 12.7. The van der Waals surface area contributed by atoms with Crippen LogP contribution in [-0.4, -0.2) is 18.3 Å². The van der Waals surface area contributed by atoms with Crippen molar-refractivity contribution in [3.05, 3.63) is 29.8 Å². The van der Waals surface area contributed by atoms with E-state index in [-0.39, 0.29) is 0 Å². The van der Waals surface area contributed by atoms with Crippen molar-refractivity contribution < 1.29 is 0 Å². The molecule has 0 amide bonds. The van der Waals surface area contributed by atoms with Crippen molar-refractivity contribution in [3.63, 3.8) is 0 Å². The highest BCUT2D eigenvalue weighted by Gasteiger charge is 2.25. The second-order valence-electron chi connectivity index (χ2n) is 6.69. The minimum Gasteiger partial charge on any atom is -0.316 e. The standard InChI is InChI=1S/C17H27NS/c1-17(2,3)16(18-4)11-7-9-14-12-13-8-5-6-10-15(13)19-14/h5-6,8,10,14,16,18H,7,9,11-12H2,1-4H3. The molecule has 19 heavy (non-hydrogen) atoms. The van der Waals surface area contributed by atoms with Crippen molar-refractivity contribution in [1.29, 1.82) is 0 Å². The lowest BCUT2D eigenvalue weighted by molar-refractivity contribution is 0.262. The van der Waals surface area contributed by atoms with Gasteiger partial charge in [-0.2, -0.15) is 0 Å². The van der Waals surface area contributed by atoms with Crippen LogP contribution in [-0.2, 0) is 6.42 Å². The van der Waals surface area contributed by atoms with Gasteiger partial charge in [-0.1, -0.05) is 45.4 Å². The Bertz CT molecular complexity index is 383. The molecule has 1 aliphatic heterocycles. The number of thioether (sulfide) groups is 1. The summed E-state index contributed by atoms with van der Waals surface area (Å²) in [4.78, 5) is 1.51. The van der Waals surface area contributed by atoms with E-state index < -0.39 is 0 Å². The molecule has 1 nitrogen and oxygen atoms in total. The Balaban J connectivity index is 1.76. The van der Waals surface area contributed by atoms with Gasteiger partial charge in [-0.3, -0.25) is 0 Å². The van der Waals surface area contributed by atoms with Gasteiger partial charge in [0.25, 0.3) is 0 Å². The Morgan fingerprint density at radius 3 is 2.68 bits per heavy atom. The van der Waals surface area contributed by atoms with E-state index in [9.17, 15) is 0 Å². The van der Waals surface area contributed by atoms with Crippen LogP contribution in [0.5, 0.6) is 0 Å². The molecule has 2 rings (SSSR count). The smallest absolute Gasteiger partial charge is 0.0135 e. The first-order chi connectivity index (χ1) is 9.00. The minimum absolute atomic E-state index is 0.362. The van der Waals surface area contributed by atoms with Crippen LogP contribution in [0.3, 0.4) is 0 Å². The van der Waals surface area contributed by atoms with E-state index >= 15 is 0 Å². The summed E-state index contributed by atoms with van der Waals surface area (Å²) in [5, 5.41) is 4.28. The predicted octanol–water partition coefficient (Wildman–Crippen LogP) is 4.51. The molecule has 0 bridgehead atoms. The maximum Gasteiger partial charge on any atom is 0.0135 e. The molecule has 1 aliphatic rings. The van der Waals surface area contributed by atoms with Gasteiger partial charge >= 0.3 is 0 Å². The zero-order valence-corrected chi connectivity index (χ0v) is 13.5. The van der Waals surface area contributed by atoms with Gasteiger partial charge in [0, 0.05) is 16.2 Å². The highest BCUT2D eigenvalue weighted by atomic mass is 32.2. The summed E-state index contributed by atoms with van der Waals surface area (Å²) >= 11 is 2.08. The zero-order chi connectivity index (χ0) is 13.9. The third-order valence-corrected chi connectivity index (χ3v) is 5.51. The van der Waals surface area contributed by atoms with Gasteiger partial charge in [0.1, 0.15) is 0 Å². The van der Waals surface area contributed by atoms with Gasteiger partial charge < -0.3 is 5.32 Å². The summed E-state index contributed by atoms with van der Waals surface area (Å²) in [6.45, 7) is 6.98. The van der Waals surface area contributed by atoms with Gasteiger partial charge in [0.15, 0.2) is 0 Å². The predicted molar refractivity (Wildman–Crippen MR) is 85.9 cm³/mol. The van der Waals surface area contributed by atoms with E-state index in [0.717, 1.165) is 5.25 Å². The monoisotopic (exact) mass is 277 g/mol. The third-order valence-electron chi connectivity index (χ3n) is 4.13. The number of fused-ring (bicyclic) bond motifs is 1. The van der Waals surface area contributed by atoms with E-state index in [1.54, 1.807) is 5.56 Å². The Morgan fingerprint density at radius 1 is 1.32 bits per heavy atom. The van der Waals surface area contributed by atoms with Crippen molar-refractivity contribution in [1.82, 2.24) is 5.32 Å². The van der Waals surface area contributed by atoms with Crippen LogP contribution in [0, 0.1) is 5.41 Å². The molecule has 106 valence electrons. The lowest BCUT2D eigenvalue weighted by Crippen LogP contribution is -2.37. The number of hydrogen-bond acceptors (Lipinski definition) is 2. The van der Waals surface area contributed by atoms with Crippen LogP contribution >= 0.6 is 11.8 Å². The molecule has 0 fully saturated rings. The average molecular weight is 277 g/mol. The lowest BCUT2D eigenvalue weighted by atomic mass is 9.83. The molecule has 0 aliphatic carbocycles. The molecule has 0 aromatic heterocycles. The van der Waals surface area contributed by atoms with E-state index in [0.29, 0.717) is 11.5 Å². The lowest BCUT2D eigenvalue weighted by Gasteiger charge is -2.30. The van der Waals surface area contributed by atoms with Crippen molar-refractivity contribution in [2.24, 2.45) is 5.41 Å². The number of nitrogens with one attached hydrogen (secondary N) is 1. The average Bonchev–Trinajstić information content (AvgIpc) is 2.75. The Morgan fingerprint density at radius 2 is 2.05 bits per heavy atom. The second-order valence-corrected chi connectivity index (χ2v) is 8.03. The van der Waals surface area contributed by atoms with Crippen LogP contribution in [0.2, 0.25) is 0 Å². The molecule has 0 saturated carbocycles. The third kappa shape index (κ3) is 4.00. The Labute approximate surface area is 122 Å². The number of hydrogen-bond donors (Lipinski definition) is 1. The van der Waals surface area contributed by atoms with Crippen LogP contribution in [0.15, 0.2) is 29.2 Å². The first-order valence-corrected chi connectivity index (χ1v) is 8.30. The van der Waals surface area contributed by atoms with Crippen LogP contribution in [0.4, 0.5) is 0 Å². The maximum absolute atomic E-state index is 3.48. The van der Waals surface area contributed by atoms with Crippen LogP contribution in [0.25, 0.3) is 0 Å². The number of benzene rings is 1. The Kier molecular flexibility index (Phi) is 4.97. The maximum atomic E-state index is 3.48. The van der Waals surface area contributed by atoms with Crippen molar-refractivity contribution >= 4 is 11.8 Å². The van der Waals surface area contributed by atoms with E-state index in [2.05, 4.69) is 69.2 Å². The van der Waals surface area contributed by atoms with E-state index in [4.69, 9.17) is 0 Å².